The van der Waals surface area contributed by atoms with Crippen LogP contribution in [0, 0.1) is 0 Å². The highest BCUT2D eigenvalue weighted by Crippen LogP contribution is 2.17. The molecule has 0 saturated heterocycles. The third-order valence-electron chi connectivity index (χ3n) is 3.67. The van der Waals surface area contributed by atoms with Crippen molar-refractivity contribution in [2.45, 2.75) is 18.2 Å². The van der Waals surface area contributed by atoms with Crippen molar-refractivity contribution in [1.29, 1.82) is 0 Å². The Kier molecular flexibility index (Phi) is 7.78. The molecule has 2 N–H and O–H groups in total. The summed E-state index contributed by atoms with van der Waals surface area (Å²) in [6.45, 7) is 3.24. The van der Waals surface area contributed by atoms with Gasteiger partial charge in [0, 0.05) is 31.5 Å². The Morgan fingerprint density at radius 3 is 2.30 bits per heavy atom. The smallest absolute Gasteiger partial charge is 0.255 e. The maximum atomic E-state index is 12.3. The summed E-state index contributed by atoms with van der Waals surface area (Å²) < 4.78 is 37.1. The van der Waals surface area contributed by atoms with Gasteiger partial charge in [-0.2, -0.15) is 0 Å². The number of nitrogens with one attached hydrogen (secondary N) is 2. The van der Waals surface area contributed by atoms with Crippen LogP contribution in [0.4, 0.5) is 5.69 Å². The van der Waals surface area contributed by atoms with Crippen LogP contribution in [-0.2, 0) is 14.8 Å². The Bertz CT molecular complexity index is 833. The predicted molar refractivity (Wildman–Crippen MR) is 104 cm³/mol. The minimum atomic E-state index is -3.60. The predicted octanol–water partition coefficient (Wildman–Crippen LogP) is 2.65. The molecular formula is C19H24N2O5S. The van der Waals surface area contributed by atoms with Crippen LogP contribution in [0.5, 0.6) is 5.75 Å². The second kappa shape index (κ2) is 10.1. The maximum absolute atomic E-state index is 12.3. The highest BCUT2D eigenvalue weighted by molar-refractivity contribution is 7.89. The molecule has 2 aromatic rings. The van der Waals surface area contributed by atoms with Crippen molar-refractivity contribution < 1.29 is 22.7 Å². The number of benzene rings is 2. The maximum Gasteiger partial charge on any atom is 0.255 e. The van der Waals surface area contributed by atoms with Crippen molar-refractivity contribution in [1.82, 2.24) is 4.72 Å². The summed E-state index contributed by atoms with van der Waals surface area (Å²) in [5.74, 6) is 0.402. The molecule has 0 unspecified atom stereocenters. The summed E-state index contributed by atoms with van der Waals surface area (Å²) in [5, 5.41) is 2.76. The summed E-state index contributed by atoms with van der Waals surface area (Å²) in [7, 11) is -2.04. The fraction of sp³-hybridized carbons (Fsp3) is 0.316. The third kappa shape index (κ3) is 6.35. The van der Waals surface area contributed by atoms with Gasteiger partial charge in [-0.1, -0.05) is 0 Å². The Morgan fingerprint density at radius 1 is 1.04 bits per heavy atom. The van der Waals surface area contributed by atoms with Crippen LogP contribution >= 0.6 is 0 Å². The van der Waals surface area contributed by atoms with E-state index in [1.54, 1.807) is 31.4 Å². The average molecular weight is 392 g/mol. The summed E-state index contributed by atoms with van der Waals surface area (Å²) in [4.78, 5) is 12.4. The van der Waals surface area contributed by atoms with Crippen molar-refractivity contribution >= 4 is 21.6 Å². The highest BCUT2D eigenvalue weighted by atomic mass is 32.2. The second-order valence-corrected chi connectivity index (χ2v) is 7.45. The van der Waals surface area contributed by atoms with Gasteiger partial charge in [0.25, 0.3) is 5.91 Å². The Morgan fingerprint density at radius 2 is 1.70 bits per heavy atom. The fourth-order valence-corrected chi connectivity index (χ4v) is 3.37. The highest BCUT2D eigenvalue weighted by Gasteiger charge is 2.14. The Labute approximate surface area is 159 Å². The molecule has 0 spiro atoms. The lowest BCUT2D eigenvalue weighted by Crippen LogP contribution is -2.25. The molecule has 0 aliphatic rings. The van der Waals surface area contributed by atoms with E-state index in [0.717, 1.165) is 5.75 Å². The van der Waals surface area contributed by atoms with E-state index in [-0.39, 0.29) is 17.3 Å². The molecule has 0 bridgehead atoms. The van der Waals surface area contributed by atoms with Crippen LogP contribution in [0.25, 0.3) is 0 Å². The summed E-state index contributed by atoms with van der Waals surface area (Å²) in [5.41, 5.74) is 0.988. The first-order valence-electron chi connectivity index (χ1n) is 8.59. The molecule has 146 valence electrons. The lowest BCUT2D eigenvalue weighted by molar-refractivity contribution is 0.102. The zero-order valence-corrected chi connectivity index (χ0v) is 16.2. The Hall–Kier alpha value is -2.42. The van der Waals surface area contributed by atoms with Gasteiger partial charge in [0.05, 0.1) is 11.5 Å². The van der Waals surface area contributed by atoms with Gasteiger partial charge in [-0.3, -0.25) is 4.79 Å². The summed E-state index contributed by atoms with van der Waals surface area (Å²) in [6.07, 6.45) is 0.582. The van der Waals surface area contributed by atoms with E-state index in [4.69, 9.17) is 9.47 Å². The van der Waals surface area contributed by atoms with Crippen LogP contribution in [0.15, 0.2) is 53.4 Å². The van der Waals surface area contributed by atoms with Crippen LogP contribution in [0.2, 0.25) is 0 Å². The SMILES string of the molecule is CCOc1ccc(NC(=O)c2ccc(S(=O)(=O)NCCCOC)cc2)cc1. The van der Waals surface area contributed by atoms with Crippen molar-refractivity contribution in [3.63, 3.8) is 0 Å². The van der Waals surface area contributed by atoms with Gasteiger partial charge in [-0.25, -0.2) is 13.1 Å². The molecule has 1 amide bonds. The zero-order valence-electron chi connectivity index (χ0n) is 15.4. The molecule has 7 nitrogen and oxygen atoms in total. The first kappa shape index (κ1) is 20.9. The first-order valence-corrected chi connectivity index (χ1v) is 10.1. The average Bonchev–Trinajstić information content (AvgIpc) is 2.67. The van der Waals surface area contributed by atoms with Gasteiger partial charge in [0.2, 0.25) is 10.0 Å². The molecule has 0 aliphatic heterocycles. The zero-order chi connectivity index (χ0) is 19.7. The third-order valence-corrected chi connectivity index (χ3v) is 5.14. The molecule has 2 aromatic carbocycles. The topological polar surface area (TPSA) is 93.7 Å². The lowest BCUT2D eigenvalue weighted by atomic mass is 10.2. The molecule has 0 saturated carbocycles. The number of hydrogen-bond acceptors (Lipinski definition) is 5. The number of rotatable bonds is 10. The van der Waals surface area contributed by atoms with E-state index in [9.17, 15) is 13.2 Å². The molecule has 0 aromatic heterocycles. The number of ether oxygens (including phenoxy) is 2. The number of amides is 1. The number of hydrogen-bond donors (Lipinski definition) is 2. The normalized spacial score (nSPS) is 11.2. The number of anilines is 1. The summed E-state index contributed by atoms with van der Waals surface area (Å²) in [6, 6.07) is 12.8. The van der Waals surface area contributed by atoms with Crippen LogP contribution in [-0.4, -0.2) is 41.2 Å². The monoisotopic (exact) mass is 392 g/mol. The van der Waals surface area contributed by atoms with E-state index >= 15 is 0 Å². The van der Waals surface area contributed by atoms with Crippen LogP contribution in [0.1, 0.15) is 23.7 Å². The van der Waals surface area contributed by atoms with Crippen molar-refractivity contribution in [2.24, 2.45) is 0 Å². The van der Waals surface area contributed by atoms with Crippen LogP contribution < -0.4 is 14.8 Å². The molecule has 27 heavy (non-hydrogen) atoms. The van der Waals surface area contributed by atoms with Gasteiger partial charge < -0.3 is 14.8 Å². The number of carbonyl (C=O) groups is 1. The lowest BCUT2D eigenvalue weighted by Gasteiger charge is -2.09. The molecule has 0 radical (unpaired) electrons. The van der Waals surface area contributed by atoms with Gasteiger partial charge in [-0.05, 0) is 61.9 Å². The largest absolute Gasteiger partial charge is 0.494 e. The molecular weight excluding hydrogens is 368 g/mol. The standard InChI is InChI=1S/C19H24N2O5S/c1-3-26-17-9-7-16(8-10-17)21-19(22)15-5-11-18(12-6-15)27(23,24)20-13-4-14-25-2/h5-12,20H,3-4,13-14H2,1-2H3,(H,21,22). The molecule has 8 heteroatoms. The summed E-state index contributed by atoms with van der Waals surface area (Å²) >= 11 is 0. The van der Waals surface area contributed by atoms with Gasteiger partial charge in [-0.15, -0.1) is 0 Å². The molecule has 0 heterocycles. The minimum absolute atomic E-state index is 0.109. The minimum Gasteiger partial charge on any atom is -0.494 e. The Balaban J connectivity index is 1.98. The van der Waals surface area contributed by atoms with Gasteiger partial charge >= 0.3 is 0 Å². The van der Waals surface area contributed by atoms with E-state index in [1.165, 1.54) is 24.3 Å². The number of sulfonamides is 1. The van der Waals surface area contributed by atoms with E-state index < -0.39 is 10.0 Å². The van der Waals surface area contributed by atoms with E-state index in [2.05, 4.69) is 10.0 Å². The fourth-order valence-electron chi connectivity index (χ4n) is 2.30. The molecule has 0 fully saturated rings. The molecule has 0 aliphatic carbocycles. The van der Waals surface area contributed by atoms with Crippen molar-refractivity contribution in [3.8, 4) is 5.75 Å². The van der Waals surface area contributed by atoms with E-state index in [0.29, 0.717) is 30.9 Å². The first-order chi connectivity index (χ1) is 13.0. The molecule has 0 atom stereocenters. The molecule has 2 rings (SSSR count). The van der Waals surface area contributed by atoms with E-state index in [1.807, 2.05) is 6.92 Å². The van der Waals surface area contributed by atoms with Crippen molar-refractivity contribution in [2.75, 3.05) is 32.2 Å². The number of methoxy groups -OCH3 is 1. The second-order valence-electron chi connectivity index (χ2n) is 5.68. The quantitative estimate of drug-likeness (QED) is 0.606. The van der Waals surface area contributed by atoms with Gasteiger partial charge in [0.1, 0.15) is 5.75 Å². The number of carbonyl (C=O) groups excluding carboxylic acids is 1. The van der Waals surface area contributed by atoms with Crippen LogP contribution in [0.3, 0.4) is 0 Å². The van der Waals surface area contributed by atoms with Crippen molar-refractivity contribution in [3.05, 3.63) is 54.1 Å². The van der Waals surface area contributed by atoms with Gasteiger partial charge in [0.15, 0.2) is 0 Å².